The minimum Gasteiger partial charge on any atom is -0.400 e. The van der Waals surface area contributed by atoms with Crippen LogP contribution < -0.4 is 10.3 Å². The van der Waals surface area contributed by atoms with Gasteiger partial charge in [0.25, 0.3) is 14.6 Å². The summed E-state index contributed by atoms with van der Waals surface area (Å²) in [4.78, 5) is 12.2. The zero-order valence-electron chi connectivity index (χ0n) is 8.13. The van der Waals surface area contributed by atoms with Gasteiger partial charge in [-0.2, -0.15) is 0 Å². The zero-order chi connectivity index (χ0) is 13.4. The SMILES string of the molecule is Cc1c(S(=O)(=O)Cl)c[nH]c(=O)c1OC(F)(F)F. The van der Waals surface area contributed by atoms with E-state index >= 15 is 0 Å². The van der Waals surface area contributed by atoms with Crippen LogP contribution in [0.2, 0.25) is 0 Å². The lowest BCUT2D eigenvalue weighted by Crippen LogP contribution is -2.24. The van der Waals surface area contributed by atoms with Crippen molar-refractivity contribution < 1.29 is 26.3 Å². The lowest BCUT2D eigenvalue weighted by molar-refractivity contribution is -0.275. The number of halogens is 4. The lowest BCUT2D eigenvalue weighted by atomic mass is 10.3. The van der Waals surface area contributed by atoms with Gasteiger partial charge >= 0.3 is 6.36 Å². The van der Waals surface area contributed by atoms with E-state index < -0.39 is 37.2 Å². The van der Waals surface area contributed by atoms with E-state index in [1.165, 1.54) is 0 Å². The highest BCUT2D eigenvalue weighted by atomic mass is 35.7. The minimum atomic E-state index is -5.10. The average molecular weight is 292 g/mol. The van der Waals surface area contributed by atoms with Gasteiger partial charge in [-0.3, -0.25) is 4.79 Å². The summed E-state index contributed by atoms with van der Waals surface area (Å²) in [6, 6.07) is 0. The molecule has 1 N–H and O–H groups in total. The van der Waals surface area contributed by atoms with Crippen molar-refractivity contribution in [3.63, 3.8) is 0 Å². The predicted octanol–water partition coefficient (Wildman–Crippen LogP) is 1.51. The van der Waals surface area contributed by atoms with Gasteiger partial charge in [-0.1, -0.05) is 0 Å². The Labute approximate surface area is 97.6 Å². The number of pyridine rings is 1. The molecule has 0 radical (unpaired) electrons. The van der Waals surface area contributed by atoms with Crippen molar-refractivity contribution in [2.45, 2.75) is 18.2 Å². The first kappa shape index (κ1) is 13.8. The quantitative estimate of drug-likeness (QED) is 0.838. The van der Waals surface area contributed by atoms with Crippen LogP contribution in [0.3, 0.4) is 0 Å². The number of aromatic amines is 1. The fraction of sp³-hybridized carbons (Fsp3) is 0.286. The van der Waals surface area contributed by atoms with Crippen LogP contribution in [0, 0.1) is 6.92 Å². The number of hydrogen-bond acceptors (Lipinski definition) is 4. The molecule has 10 heteroatoms. The first-order valence-electron chi connectivity index (χ1n) is 3.95. The van der Waals surface area contributed by atoms with Crippen molar-refractivity contribution >= 4 is 19.7 Å². The molecule has 0 aliphatic rings. The molecule has 0 amide bonds. The van der Waals surface area contributed by atoms with E-state index in [1.54, 1.807) is 4.98 Å². The highest BCUT2D eigenvalue weighted by molar-refractivity contribution is 8.13. The summed E-state index contributed by atoms with van der Waals surface area (Å²) < 4.78 is 61.3. The Morgan fingerprint density at radius 1 is 1.41 bits per heavy atom. The summed E-state index contributed by atoms with van der Waals surface area (Å²) in [7, 11) is 0.699. The van der Waals surface area contributed by atoms with Gasteiger partial charge < -0.3 is 9.72 Å². The first-order chi connectivity index (χ1) is 7.52. The van der Waals surface area contributed by atoms with Gasteiger partial charge in [0.15, 0.2) is 5.75 Å². The molecular weight excluding hydrogens is 287 g/mol. The normalized spacial score (nSPS) is 12.5. The predicted molar refractivity (Wildman–Crippen MR) is 51.5 cm³/mol. The lowest BCUT2D eigenvalue weighted by Gasteiger charge is -2.11. The van der Waals surface area contributed by atoms with E-state index in [2.05, 4.69) is 4.74 Å². The van der Waals surface area contributed by atoms with E-state index in [9.17, 15) is 26.4 Å². The molecule has 0 aliphatic carbocycles. The van der Waals surface area contributed by atoms with Crippen LogP contribution in [0.1, 0.15) is 5.56 Å². The molecule has 0 fully saturated rings. The maximum Gasteiger partial charge on any atom is 0.573 e. The second kappa shape index (κ2) is 4.22. The molecule has 5 nitrogen and oxygen atoms in total. The van der Waals surface area contributed by atoms with Crippen LogP contribution >= 0.6 is 10.7 Å². The van der Waals surface area contributed by atoms with Gasteiger partial charge in [0, 0.05) is 22.4 Å². The summed E-state index contributed by atoms with van der Waals surface area (Å²) in [6.45, 7) is 0.978. The molecule has 17 heavy (non-hydrogen) atoms. The monoisotopic (exact) mass is 291 g/mol. The summed E-state index contributed by atoms with van der Waals surface area (Å²) in [5, 5.41) is 0. The van der Waals surface area contributed by atoms with Gasteiger partial charge in [-0.05, 0) is 6.92 Å². The van der Waals surface area contributed by atoms with Gasteiger partial charge in [0.2, 0.25) is 0 Å². The highest BCUT2D eigenvalue weighted by Gasteiger charge is 2.34. The number of ether oxygens (including phenoxy) is 1. The third-order valence-electron chi connectivity index (χ3n) is 1.73. The Kier molecular flexibility index (Phi) is 3.44. The Morgan fingerprint density at radius 2 is 1.94 bits per heavy atom. The fourth-order valence-electron chi connectivity index (χ4n) is 1.08. The van der Waals surface area contributed by atoms with Crippen LogP contribution in [-0.2, 0) is 9.05 Å². The van der Waals surface area contributed by atoms with Gasteiger partial charge in [0.1, 0.15) is 4.90 Å². The van der Waals surface area contributed by atoms with Crippen LogP contribution in [0.25, 0.3) is 0 Å². The number of alkyl halides is 3. The van der Waals surface area contributed by atoms with Crippen molar-refractivity contribution in [3.8, 4) is 5.75 Å². The van der Waals surface area contributed by atoms with E-state index in [4.69, 9.17) is 10.7 Å². The van der Waals surface area contributed by atoms with Crippen molar-refractivity contribution in [1.82, 2.24) is 4.98 Å². The number of hydrogen-bond donors (Lipinski definition) is 1. The Bertz CT molecular complexity index is 592. The zero-order valence-corrected chi connectivity index (χ0v) is 9.70. The third kappa shape index (κ3) is 3.37. The molecule has 96 valence electrons. The maximum atomic E-state index is 12.0. The molecule has 0 saturated heterocycles. The standard InChI is InChI=1S/C7H5ClF3NO4S/c1-3-4(17(8,14)15)2-12-6(13)5(3)16-7(9,10)11/h2H,1H3,(H,12,13). The molecule has 0 spiro atoms. The largest absolute Gasteiger partial charge is 0.573 e. The molecule has 0 saturated carbocycles. The molecule has 0 aromatic carbocycles. The second-order valence-corrected chi connectivity index (χ2v) is 5.46. The van der Waals surface area contributed by atoms with Gasteiger partial charge in [-0.25, -0.2) is 8.42 Å². The number of H-pyrrole nitrogens is 1. The molecule has 0 aliphatic heterocycles. The molecule has 1 aromatic rings. The average Bonchev–Trinajstić information content (AvgIpc) is 2.08. The van der Waals surface area contributed by atoms with Crippen molar-refractivity contribution in [2.24, 2.45) is 0 Å². The van der Waals surface area contributed by atoms with Crippen LogP contribution in [-0.4, -0.2) is 19.8 Å². The molecule has 0 unspecified atom stereocenters. The summed E-state index contributed by atoms with van der Waals surface area (Å²) in [5.41, 5.74) is -1.72. The van der Waals surface area contributed by atoms with E-state index in [-0.39, 0.29) is 0 Å². The Balaban J connectivity index is 3.47. The highest BCUT2D eigenvalue weighted by Crippen LogP contribution is 2.27. The number of rotatable bonds is 2. The van der Waals surface area contributed by atoms with Gasteiger partial charge in [-0.15, -0.1) is 13.2 Å². The third-order valence-corrected chi connectivity index (χ3v) is 3.18. The number of aromatic nitrogens is 1. The Hall–Kier alpha value is -1.22. The molecule has 0 bridgehead atoms. The van der Waals surface area contributed by atoms with Crippen LogP contribution in [0.5, 0.6) is 5.75 Å². The van der Waals surface area contributed by atoms with E-state index in [0.717, 1.165) is 6.92 Å². The first-order valence-corrected chi connectivity index (χ1v) is 6.26. The maximum absolute atomic E-state index is 12.0. The number of nitrogens with one attached hydrogen (secondary N) is 1. The molecule has 0 atom stereocenters. The summed E-state index contributed by atoms with van der Waals surface area (Å²) >= 11 is 0. The minimum absolute atomic E-state index is 0.513. The van der Waals surface area contributed by atoms with Crippen molar-refractivity contribution in [3.05, 3.63) is 22.1 Å². The summed E-state index contributed by atoms with van der Waals surface area (Å²) in [5.74, 6) is -1.15. The topological polar surface area (TPSA) is 76.2 Å². The van der Waals surface area contributed by atoms with Crippen molar-refractivity contribution in [2.75, 3.05) is 0 Å². The van der Waals surface area contributed by atoms with Crippen LogP contribution in [0.4, 0.5) is 13.2 Å². The smallest absolute Gasteiger partial charge is 0.400 e. The fourth-order valence-corrected chi connectivity index (χ4v) is 2.22. The summed E-state index contributed by atoms with van der Waals surface area (Å²) in [6.07, 6.45) is -4.41. The molecule has 1 rings (SSSR count). The van der Waals surface area contributed by atoms with E-state index in [1.807, 2.05) is 0 Å². The van der Waals surface area contributed by atoms with Crippen LogP contribution in [0.15, 0.2) is 15.9 Å². The molecule has 1 heterocycles. The van der Waals surface area contributed by atoms with Crippen molar-refractivity contribution in [1.29, 1.82) is 0 Å². The van der Waals surface area contributed by atoms with Gasteiger partial charge in [0.05, 0.1) is 0 Å². The molecular formula is C7H5ClF3NO4S. The Morgan fingerprint density at radius 3 is 2.35 bits per heavy atom. The second-order valence-electron chi connectivity index (χ2n) is 2.92. The van der Waals surface area contributed by atoms with E-state index in [0.29, 0.717) is 6.20 Å². The molecule has 1 aromatic heterocycles.